The van der Waals surface area contributed by atoms with Gasteiger partial charge in [0, 0.05) is 12.5 Å². The molecule has 0 spiro atoms. The molecule has 0 bridgehead atoms. The summed E-state index contributed by atoms with van der Waals surface area (Å²) in [6.07, 6.45) is 3.23. The molecule has 1 fully saturated rings. The number of nitriles is 1. The molecule has 16 heavy (non-hydrogen) atoms. The zero-order valence-electron chi connectivity index (χ0n) is 11.1. The zero-order chi connectivity index (χ0) is 12.4. The van der Waals surface area contributed by atoms with Gasteiger partial charge in [0.2, 0.25) is 0 Å². The molecule has 1 aliphatic carbocycles. The fraction of sp³-hybridized carbons (Fsp3) is 0.923. The van der Waals surface area contributed by atoms with Gasteiger partial charge in [-0.25, -0.2) is 0 Å². The summed E-state index contributed by atoms with van der Waals surface area (Å²) in [5.74, 6) is 0. The van der Waals surface area contributed by atoms with Crippen LogP contribution in [0.3, 0.4) is 0 Å². The molecule has 1 N–H and O–H groups in total. The maximum Gasteiger partial charge on any atom is 0.106 e. The van der Waals surface area contributed by atoms with Crippen LogP contribution in [0, 0.1) is 11.3 Å². The number of ether oxygens (including phenoxy) is 1. The Morgan fingerprint density at radius 3 is 2.31 bits per heavy atom. The second-order valence-corrected chi connectivity index (χ2v) is 6.11. The van der Waals surface area contributed by atoms with E-state index in [0.29, 0.717) is 6.04 Å². The van der Waals surface area contributed by atoms with Gasteiger partial charge in [-0.15, -0.1) is 0 Å². The smallest absolute Gasteiger partial charge is 0.106 e. The Bertz CT molecular complexity index is 273. The number of hydrogen-bond donors (Lipinski definition) is 1. The Morgan fingerprint density at radius 2 is 1.94 bits per heavy atom. The molecule has 0 aromatic heterocycles. The van der Waals surface area contributed by atoms with E-state index in [9.17, 15) is 5.26 Å². The van der Waals surface area contributed by atoms with Crippen molar-refractivity contribution >= 4 is 0 Å². The van der Waals surface area contributed by atoms with Crippen molar-refractivity contribution in [3.05, 3.63) is 0 Å². The molecule has 2 atom stereocenters. The monoisotopic (exact) mass is 224 g/mol. The summed E-state index contributed by atoms with van der Waals surface area (Å²) in [4.78, 5) is 0. The van der Waals surface area contributed by atoms with E-state index in [-0.39, 0.29) is 11.7 Å². The van der Waals surface area contributed by atoms with Crippen molar-refractivity contribution in [1.82, 2.24) is 5.32 Å². The highest BCUT2D eigenvalue weighted by atomic mass is 16.5. The summed E-state index contributed by atoms with van der Waals surface area (Å²) >= 11 is 0. The van der Waals surface area contributed by atoms with Gasteiger partial charge in [-0.3, -0.25) is 5.32 Å². The third-order valence-electron chi connectivity index (χ3n) is 2.60. The highest BCUT2D eigenvalue weighted by Gasteiger charge is 2.34. The third kappa shape index (κ3) is 4.96. The van der Waals surface area contributed by atoms with E-state index in [4.69, 9.17) is 4.74 Å². The molecule has 0 saturated heterocycles. The van der Waals surface area contributed by atoms with E-state index in [2.05, 4.69) is 11.4 Å². The van der Waals surface area contributed by atoms with Crippen LogP contribution in [-0.4, -0.2) is 23.3 Å². The topological polar surface area (TPSA) is 45.0 Å². The van der Waals surface area contributed by atoms with Crippen molar-refractivity contribution in [2.75, 3.05) is 0 Å². The van der Waals surface area contributed by atoms with Gasteiger partial charge in [0.05, 0.1) is 17.8 Å². The van der Waals surface area contributed by atoms with Crippen LogP contribution in [0.1, 0.15) is 53.9 Å². The molecule has 0 radical (unpaired) electrons. The van der Waals surface area contributed by atoms with Crippen molar-refractivity contribution < 1.29 is 4.74 Å². The lowest BCUT2D eigenvalue weighted by Gasteiger charge is -2.31. The maximum absolute atomic E-state index is 9.24. The third-order valence-corrected chi connectivity index (χ3v) is 2.60. The average molecular weight is 224 g/mol. The van der Waals surface area contributed by atoms with Crippen molar-refractivity contribution in [3.8, 4) is 6.07 Å². The summed E-state index contributed by atoms with van der Waals surface area (Å²) in [7, 11) is 0. The molecule has 0 amide bonds. The van der Waals surface area contributed by atoms with Crippen LogP contribution in [0.15, 0.2) is 0 Å². The highest BCUT2D eigenvalue weighted by molar-refractivity contribution is 5.08. The Morgan fingerprint density at radius 1 is 1.38 bits per heavy atom. The van der Waals surface area contributed by atoms with Crippen molar-refractivity contribution in [1.29, 1.82) is 5.26 Å². The van der Waals surface area contributed by atoms with Crippen molar-refractivity contribution in [2.24, 2.45) is 0 Å². The van der Waals surface area contributed by atoms with Gasteiger partial charge in [-0.2, -0.15) is 5.26 Å². The fourth-order valence-electron chi connectivity index (χ4n) is 2.04. The molecule has 0 heterocycles. The molecular weight excluding hydrogens is 200 g/mol. The van der Waals surface area contributed by atoms with Crippen LogP contribution < -0.4 is 5.32 Å². The molecular formula is C13H24N2O. The average Bonchev–Trinajstić information content (AvgIpc) is 2.84. The summed E-state index contributed by atoms with van der Waals surface area (Å²) in [6, 6.07) is 2.92. The van der Waals surface area contributed by atoms with Gasteiger partial charge < -0.3 is 4.74 Å². The summed E-state index contributed by atoms with van der Waals surface area (Å²) in [5.41, 5.74) is -0.596. The molecule has 2 unspecified atom stereocenters. The number of nitrogens with one attached hydrogen (secondary N) is 1. The zero-order valence-corrected chi connectivity index (χ0v) is 11.1. The summed E-state index contributed by atoms with van der Waals surface area (Å²) < 4.78 is 5.85. The molecule has 92 valence electrons. The first-order valence-electron chi connectivity index (χ1n) is 6.11. The Hall–Kier alpha value is -0.590. The van der Waals surface area contributed by atoms with E-state index >= 15 is 0 Å². The summed E-state index contributed by atoms with van der Waals surface area (Å²) in [6.45, 7) is 10.1. The molecule has 0 aromatic rings. The van der Waals surface area contributed by atoms with Crippen molar-refractivity contribution in [2.45, 2.75) is 77.2 Å². The van der Waals surface area contributed by atoms with Crippen LogP contribution >= 0.6 is 0 Å². The lowest BCUT2D eigenvalue weighted by atomic mass is 9.96. The van der Waals surface area contributed by atoms with Gasteiger partial charge in [0.15, 0.2) is 0 Å². The minimum atomic E-state index is -0.453. The molecule has 0 aromatic carbocycles. The number of nitrogens with zero attached hydrogens (tertiary/aromatic N) is 1. The predicted molar refractivity (Wildman–Crippen MR) is 65.1 cm³/mol. The van der Waals surface area contributed by atoms with E-state index < -0.39 is 5.54 Å². The first-order valence-corrected chi connectivity index (χ1v) is 6.11. The summed E-state index contributed by atoms with van der Waals surface area (Å²) in [5, 5.41) is 12.6. The predicted octanol–water partition coefficient (Wildman–Crippen LogP) is 2.61. The standard InChI is InChI=1S/C13H24N2O/c1-10(16-12(2,3)4)8-13(5,9-14)15-11-6-7-11/h10-11,15H,6-8H2,1-5H3. The lowest BCUT2D eigenvalue weighted by molar-refractivity contribution is -0.0602. The molecule has 3 nitrogen and oxygen atoms in total. The SMILES string of the molecule is CC(CC(C)(C#N)NC1CC1)OC(C)(C)C. The van der Waals surface area contributed by atoms with Crippen molar-refractivity contribution in [3.63, 3.8) is 0 Å². The number of hydrogen-bond acceptors (Lipinski definition) is 3. The van der Waals surface area contributed by atoms with Gasteiger partial charge in [0.25, 0.3) is 0 Å². The molecule has 1 rings (SSSR count). The van der Waals surface area contributed by atoms with E-state index in [0.717, 1.165) is 6.42 Å². The Labute approximate surface area is 99.2 Å². The van der Waals surface area contributed by atoms with Crippen LogP contribution in [0.2, 0.25) is 0 Å². The highest BCUT2D eigenvalue weighted by Crippen LogP contribution is 2.26. The van der Waals surface area contributed by atoms with Crippen LogP contribution in [0.25, 0.3) is 0 Å². The minimum absolute atomic E-state index is 0.0934. The van der Waals surface area contributed by atoms with Gasteiger partial charge in [0.1, 0.15) is 5.54 Å². The maximum atomic E-state index is 9.24. The Balaban J connectivity index is 2.45. The molecule has 1 aliphatic rings. The minimum Gasteiger partial charge on any atom is -0.373 e. The Kier molecular flexibility index (Phi) is 3.98. The molecule has 0 aliphatic heterocycles. The second-order valence-electron chi connectivity index (χ2n) is 6.11. The fourth-order valence-corrected chi connectivity index (χ4v) is 2.04. The van der Waals surface area contributed by atoms with Crippen LogP contribution in [0.5, 0.6) is 0 Å². The number of rotatable bonds is 5. The quantitative estimate of drug-likeness (QED) is 0.780. The molecule has 3 heteroatoms. The van der Waals surface area contributed by atoms with Gasteiger partial charge in [-0.05, 0) is 47.5 Å². The largest absolute Gasteiger partial charge is 0.373 e. The van der Waals surface area contributed by atoms with E-state index in [1.807, 2.05) is 34.6 Å². The van der Waals surface area contributed by atoms with E-state index in [1.54, 1.807) is 0 Å². The van der Waals surface area contributed by atoms with Crippen LogP contribution in [-0.2, 0) is 4.74 Å². The lowest BCUT2D eigenvalue weighted by Crippen LogP contribution is -2.45. The first-order chi connectivity index (χ1) is 7.24. The second kappa shape index (κ2) is 4.73. The van der Waals surface area contributed by atoms with Crippen LogP contribution in [0.4, 0.5) is 0 Å². The normalized spacial score (nSPS) is 22.2. The van der Waals surface area contributed by atoms with E-state index in [1.165, 1.54) is 12.8 Å². The first kappa shape index (κ1) is 13.5. The van der Waals surface area contributed by atoms with Gasteiger partial charge >= 0.3 is 0 Å². The van der Waals surface area contributed by atoms with Gasteiger partial charge in [-0.1, -0.05) is 0 Å². The molecule has 1 saturated carbocycles.